The number of aromatic nitrogens is 1. The Hall–Kier alpha value is -0.930. The summed E-state index contributed by atoms with van der Waals surface area (Å²) in [5.41, 5.74) is 1.27. The topological polar surface area (TPSA) is 28.2 Å². The summed E-state index contributed by atoms with van der Waals surface area (Å²) in [7, 11) is 4.18. The van der Waals surface area contributed by atoms with Gasteiger partial charge in [0.1, 0.15) is 0 Å². The van der Waals surface area contributed by atoms with Gasteiger partial charge in [-0.05, 0) is 31.6 Å². The van der Waals surface area contributed by atoms with E-state index < -0.39 is 0 Å². The molecule has 90 valence electrons. The van der Waals surface area contributed by atoms with E-state index in [1.54, 1.807) is 0 Å². The molecule has 0 aliphatic carbocycles. The Kier molecular flexibility index (Phi) is 5.43. The first kappa shape index (κ1) is 13.1. The van der Waals surface area contributed by atoms with Gasteiger partial charge < -0.3 is 5.32 Å². The highest BCUT2D eigenvalue weighted by Gasteiger charge is 2.17. The van der Waals surface area contributed by atoms with Crippen LogP contribution >= 0.6 is 0 Å². The van der Waals surface area contributed by atoms with Crippen LogP contribution in [0.3, 0.4) is 0 Å². The van der Waals surface area contributed by atoms with Crippen LogP contribution in [-0.2, 0) is 6.54 Å². The standard InChI is InChI=1S/C13H23N3/c1-11(2)13(9-14-3)16(4)10-12-6-5-7-15-8-12/h5-8,11,13-14H,9-10H2,1-4H3. The molecule has 0 spiro atoms. The fourth-order valence-electron chi connectivity index (χ4n) is 2.01. The fourth-order valence-corrected chi connectivity index (χ4v) is 2.01. The summed E-state index contributed by atoms with van der Waals surface area (Å²) in [6.07, 6.45) is 3.75. The number of hydrogen-bond donors (Lipinski definition) is 1. The van der Waals surface area contributed by atoms with E-state index in [9.17, 15) is 0 Å². The summed E-state index contributed by atoms with van der Waals surface area (Å²) in [5.74, 6) is 0.647. The lowest BCUT2D eigenvalue weighted by Gasteiger charge is -2.31. The van der Waals surface area contributed by atoms with Crippen molar-refractivity contribution in [3.63, 3.8) is 0 Å². The van der Waals surface area contributed by atoms with Crippen LogP contribution in [0, 0.1) is 5.92 Å². The van der Waals surface area contributed by atoms with Gasteiger partial charge in [-0.1, -0.05) is 19.9 Å². The maximum atomic E-state index is 4.15. The number of hydrogen-bond acceptors (Lipinski definition) is 3. The predicted octanol–water partition coefficient (Wildman–Crippen LogP) is 1.76. The molecule has 1 atom stereocenters. The fraction of sp³-hybridized carbons (Fsp3) is 0.615. The molecule has 0 amide bonds. The molecule has 1 N–H and O–H groups in total. The number of nitrogens with one attached hydrogen (secondary N) is 1. The first-order chi connectivity index (χ1) is 7.65. The average molecular weight is 221 g/mol. The largest absolute Gasteiger partial charge is 0.318 e. The molecule has 1 unspecified atom stereocenters. The molecule has 0 fully saturated rings. The van der Waals surface area contributed by atoms with Gasteiger partial charge in [0.05, 0.1) is 0 Å². The van der Waals surface area contributed by atoms with Crippen LogP contribution in [0.2, 0.25) is 0 Å². The summed E-state index contributed by atoms with van der Waals surface area (Å²) in [4.78, 5) is 6.53. The van der Waals surface area contributed by atoms with Crippen LogP contribution < -0.4 is 5.32 Å². The van der Waals surface area contributed by atoms with Crippen LogP contribution in [0.4, 0.5) is 0 Å². The number of pyridine rings is 1. The van der Waals surface area contributed by atoms with Crippen molar-refractivity contribution in [1.82, 2.24) is 15.2 Å². The highest BCUT2D eigenvalue weighted by molar-refractivity contribution is 5.08. The zero-order chi connectivity index (χ0) is 12.0. The predicted molar refractivity (Wildman–Crippen MR) is 68.3 cm³/mol. The molecule has 1 rings (SSSR count). The molecular formula is C13H23N3. The summed E-state index contributed by atoms with van der Waals surface area (Å²) >= 11 is 0. The molecule has 16 heavy (non-hydrogen) atoms. The van der Waals surface area contributed by atoms with E-state index in [0.717, 1.165) is 13.1 Å². The quantitative estimate of drug-likeness (QED) is 0.793. The smallest absolute Gasteiger partial charge is 0.0312 e. The zero-order valence-electron chi connectivity index (χ0n) is 10.8. The maximum Gasteiger partial charge on any atom is 0.0312 e. The van der Waals surface area contributed by atoms with Crippen LogP contribution in [-0.4, -0.2) is 36.6 Å². The van der Waals surface area contributed by atoms with Gasteiger partial charge >= 0.3 is 0 Å². The van der Waals surface area contributed by atoms with Crippen molar-refractivity contribution in [2.24, 2.45) is 5.92 Å². The minimum absolute atomic E-state index is 0.560. The van der Waals surface area contributed by atoms with Gasteiger partial charge in [0.25, 0.3) is 0 Å². The molecule has 0 bridgehead atoms. The first-order valence-corrected chi connectivity index (χ1v) is 5.89. The van der Waals surface area contributed by atoms with Crippen molar-refractivity contribution in [2.75, 3.05) is 20.6 Å². The van der Waals surface area contributed by atoms with Gasteiger partial charge in [0, 0.05) is 31.5 Å². The van der Waals surface area contributed by atoms with E-state index in [1.165, 1.54) is 5.56 Å². The third kappa shape index (κ3) is 3.91. The minimum Gasteiger partial charge on any atom is -0.318 e. The molecule has 1 aromatic heterocycles. The van der Waals surface area contributed by atoms with E-state index in [0.29, 0.717) is 12.0 Å². The van der Waals surface area contributed by atoms with Crippen molar-refractivity contribution in [1.29, 1.82) is 0 Å². The molecule has 0 aliphatic rings. The number of rotatable bonds is 6. The summed E-state index contributed by atoms with van der Waals surface area (Å²) in [5, 5.41) is 3.26. The second kappa shape index (κ2) is 6.61. The van der Waals surface area contributed by atoms with E-state index in [-0.39, 0.29) is 0 Å². The third-order valence-corrected chi connectivity index (χ3v) is 2.90. The van der Waals surface area contributed by atoms with Gasteiger partial charge in [0.2, 0.25) is 0 Å². The normalized spacial score (nSPS) is 13.4. The summed E-state index contributed by atoms with van der Waals surface area (Å²) < 4.78 is 0. The molecule has 1 heterocycles. The van der Waals surface area contributed by atoms with Crippen molar-refractivity contribution in [3.05, 3.63) is 30.1 Å². The molecule has 3 heteroatoms. The van der Waals surface area contributed by atoms with Gasteiger partial charge in [-0.2, -0.15) is 0 Å². The molecule has 3 nitrogen and oxygen atoms in total. The monoisotopic (exact) mass is 221 g/mol. The Morgan fingerprint density at radius 3 is 2.69 bits per heavy atom. The molecule has 0 saturated heterocycles. The second-order valence-corrected chi connectivity index (χ2v) is 4.65. The lowest BCUT2D eigenvalue weighted by atomic mass is 10.0. The first-order valence-electron chi connectivity index (χ1n) is 5.89. The van der Waals surface area contributed by atoms with Crippen molar-refractivity contribution in [2.45, 2.75) is 26.4 Å². The molecular weight excluding hydrogens is 198 g/mol. The van der Waals surface area contributed by atoms with Crippen molar-refractivity contribution >= 4 is 0 Å². The van der Waals surface area contributed by atoms with Crippen molar-refractivity contribution < 1.29 is 0 Å². The van der Waals surface area contributed by atoms with E-state index >= 15 is 0 Å². The Morgan fingerprint density at radius 1 is 1.44 bits per heavy atom. The highest BCUT2D eigenvalue weighted by atomic mass is 15.1. The van der Waals surface area contributed by atoms with Gasteiger partial charge in [-0.15, -0.1) is 0 Å². The number of nitrogens with zero attached hydrogens (tertiary/aromatic N) is 2. The molecule has 0 aromatic carbocycles. The summed E-state index contributed by atoms with van der Waals surface area (Å²) in [6, 6.07) is 4.68. The summed E-state index contributed by atoms with van der Waals surface area (Å²) in [6.45, 7) is 6.51. The van der Waals surface area contributed by atoms with Gasteiger partial charge in [-0.3, -0.25) is 9.88 Å². The van der Waals surface area contributed by atoms with Crippen LogP contribution in [0.15, 0.2) is 24.5 Å². The lowest BCUT2D eigenvalue weighted by molar-refractivity contribution is 0.182. The Bertz CT molecular complexity index is 284. The van der Waals surface area contributed by atoms with Crippen LogP contribution in [0.5, 0.6) is 0 Å². The van der Waals surface area contributed by atoms with Crippen LogP contribution in [0.1, 0.15) is 19.4 Å². The highest BCUT2D eigenvalue weighted by Crippen LogP contribution is 2.11. The van der Waals surface area contributed by atoms with E-state index in [1.807, 2.05) is 25.5 Å². The Morgan fingerprint density at radius 2 is 2.19 bits per heavy atom. The van der Waals surface area contributed by atoms with E-state index in [2.05, 4.69) is 42.2 Å². The van der Waals surface area contributed by atoms with Crippen molar-refractivity contribution in [3.8, 4) is 0 Å². The Balaban J connectivity index is 2.58. The van der Waals surface area contributed by atoms with Crippen LogP contribution in [0.25, 0.3) is 0 Å². The Labute approximate surface area is 98.9 Å². The molecule has 0 saturated carbocycles. The van der Waals surface area contributed by atoms with Gasteiger partial charge in [0.15, 0.2) is 0 Å². The zero-order valence-corrected chi connectivity index (χ0v) is 10.8. The second-order valence-electron chi connectivity index (χ2n) is 4.65. The number of likely N-dealkylation sites (N-methyl/N-ethyl adjacent to an activating group) is 2. The van der Waals surface area contributed by atoms with Gasteiger partial charge in [-0.25, -0.2) is 0 Å². The molecule has 1 aromatic rings. The third-order valence-electron chi connectivity index (χ3n) is 2.90. The maximum absolute atomic E-state index is 4.15. The molecule has 0 radical (unpaired) electrons. The molecule has 0 aliphatic heterocycles. The minimum atomic E-state index is 0.560. The van der Waals surface area contributed by atoms with E-state index in [4.69, 9.17) is 0 Å². The average Bonchev–Trinajstić information content (AvgIpc) is 2.26. The SMILES string of the molecule is CNCC(C(C)C)N(C)Cc1cccnc1. The lowest BCUT2D eigenvalue weighted by Crippen LogP contribution is -2.42.